The minimum atomic E-state index is -0.219. The van der Waals surface area contributed by atoms with Gasteiger partial charge in [-0.15, -0.1) is 0 Å². The van der Waals surface area contributed by atoms with Gasteiger partial charge in [0.1, 0.15) is 0 Å². The quantitative estimate of drug-likeness (QED) is 0.833. The van der Waals surface area contributed by atoms with Crippen molar-refractivity contribution in [3.05, 3.63) is 58.6 Å². The number of para-hydroxylation sites is 1. The summed E-state index contributed by atoms with van der Waals surface area (Å²) in [7, 11) is 0. The first-order valence-corrected chi connectivity index (χ1v) is 9.09. The van der Waals surface area contributed by atoms with Crippen LogP contribution in [0.1, 0.15) is 50.0 Å². The Morgan fingerprint density at radius 3 is 2.16 bits per heavy atom. The van der Waals surface area contributed by atoms with Gasteiger partial charge in [0.2, 0.25) is 0 Å². The Morgan fingerprint density at radius 1 is 0.840 bits per heavy atom. The number of fused-ring (bicyclic) bond motifs is 1. The van der Waals surface area contributed by atoms with Crippen molar-refractivity contribution in [1.29, 1.82) is 0 Å². The number of aromatic amines is 1. The number of hydrogen-bond donors (Lipinski definition) is 2. The van der Waals surface area contributed by atoms with Crippen LogP contribution in [-0.2, 0) is 9.59 Å². The van der Waals surface area contributed by atoms with Crippen molar-refractivity contribution in [2.75, 3.05) is 0 Å². The van der Waals surface area contributed by atoms with Gasteiger partial charge >= 0.3 is 0 Å². The molecular formula is C21H20N2O2. The third kappa shape index (κ3) is 2.13. The Bertz CT molecular complexity index is 935. The van der Waals surface area contributed by atoms with Gasteiger partial charge in [-0.05, 0) is 37.3 Å². The first-order valence-electron chi connectivity index (χ1n) is 9.09. The minimum absolute atomic E-state index is 0.189. The topological polar surface area (TPSA) is 62.0 Å². The summed E-state index contributed by atoms with van der Waals surface area (Å²) in [6.07, 6.45) is 6.71. The van der Waals surface area contributed by atoms with E-state index in [9.17, 15) is 9.59 Å². The van der Waals surface area contributed by atoms with Crippen molar-refractivity contribution in [3.8, 4) is 0 Å². The number of H-pyrrole nitrogens is 1. The van der Waals surface area contributed by atoms with E-state index < -0.39 is 0 Å². The smallest absolute Gasteiger partial charge is 0.161 e. The summed E-state index contributed by atoms with van der Waals surface area (Å²) in [6, 6.07) is 8.12. The second-order valence-corrected chi connectivity index (χ2v) is 7.19. The number of hydrogen-bond acceptors (Lipinski definition) is 3. The van der Waals surface area contributed by atoms with Crippen LogP contribution in [0.25, 0.3) is 10.9 Å². The van der Waals surface area contributed by atoms with Crippen molar-refractivity contribution in [1.82, 2.24) is 10.3 Å². The number of carbonyl (C=O) groups excluding carboxylic acids is 2. The molecular weight excluding hydrogens is 312 g/mol. The van der Waals surface area contributed by atoms with E-state index in [1.165, 1.54) is 0 Å². The van der Waals surface area contributed by atoms with Crippen LogP contribution >= 0.6 is 0 Å². The molecule has 1 aromatic carbocycles. The molecule has 0 fully saturated rings. The van der Waals surface area contributed by atoms with Crippen molar-refractivity contribution < 1.29 is 9.59 Å². The van der Waals surface area contributed by atoms with Crippen LogP contribution in [0, 0.1) is 0 Å². The maximum atomic E-state index is 12.8. The highest BCUT2D eigenvalue weighted by atomic mass is 16.1. The van der Waals surface area contributed by atoms with Gasteiger partial charge in [-0.25, -0.2) is 0 Å². The van der Waals surface area contributed by atoms with E-state index in [2.05, 4.69) is 16.4 Å². The largest absolute Gasteiger partial charge is 0.362 e. The summed E-state index contributed by atoms with van der Waals surface area (Å²) in [4.78, 5) is 28.9. The minimum Gasteiger partial charge on any atom is -0.362 e. The lowest BCUT2D eigenvalue weighted by Crippen LogP contribution is -2.36. The Balaban J connectivity index is 1.78. The summed E-state index contributed by atoms with van der Waals surface area (Å²) in [5.74, 6) is 0.158. The molecule has 0 amide bonds. The highest BCUT2D eigenvalue weighted by Gasteiger charge is 2.40. The zero-order chi connectivity index (χ0) is 17.0. The standard InChI is InChI=1S/C21H20N2O2/c24-17-9-3-7-15-20(17)19(21-16(23-15)8-4-10-18(21)25)13-11-22-14-6-2-1-5-12(13)14/h1-2,5-6,11,19,22-23H,3-4,7-10H2. The van der Waals surface area contributed by atoms with E-state index in [-0.39, 0.29) is 17.5 Å². The molecule has 0 unspecified atom stereocenters. The van der Waals surface area contributed by atoms with Crippen LogP contribution in [0.3, 0.4) is 0 Å². The Kier molecular flexibility index (Phi) is 3.20. The molecule has 4 nitrogen and oxygen atoms in total. The van der Waals surface area contributed by atoms with Gasteiger partial charge in [-0.2, -0.15) is 0 Å². The van der Waals surface area contributed by atoms with Crippen LogP contribution in [0.4, 0.5) is 0 Å². The first kappa shape index (κ1) is 14.7. The van der Waals surface area contributed by atoms with E-state index in [0.717, 1.165) is 64.7 Å². The molecule has 5 rings (SSSR count). The summed E-state index contributed by atoms with van der Waals surface area (Å²) < 4.78 is 0. The predicted molar refractivity (Wildman–Crippen MR) is 95.9 cm³/mol. The van der Waals surface area contributed by atoms with Crippen LogP contribution in [0.15, 0.2) is 53.0 Å². The van der Waals surface area contributed by atoms with Gasteiger partial charge in [-0.1, -0.05) is 18.2 Å². The van der Waals surface area contributed by atoms with Gasteiger partial charge < -0.3 is 10.3 Å². The molecule has 0 atom stereocenters. The second kappa shape index (κ2) is 5.45. The molecule has 0 saturated heterocycles. The van der Waals surface area contributed by atoms with E-state index >= 15 is 0 Å². The zero-order valence-corrected chi connectivity index (χ0v) is 14.0. The molecule has 0 radical (unpaired) electrons. The Labute approximate surface area is 146 Å². The normalized spacial score (nSPS) is 21.4. The fourth-order valence-corrected chi connectivity index (χ4v) is 4.63. The van der Waals surface area contributed by atoms with Gasteiger partial charge in [-0.3, -0.25) is 9.59 Å². The second-order valence-electron chi connectivity index (χ2n) is 7.19. The molecule has 0 bridgehead atoms. The molecule has 126 valence electrons. The first-order chi connectivity index (χ1) is 12.2. The lowest BCUT2D eigenvalue weighted by atomic mass is 9.71. The summed E-state index contributed by atoms with van der Waals surface area (Å²) in [6.45, 7) is 0. The third-order valence-electron chi connectivity index (χ3n) is 5.72. The number of allylic oxidation sites excluding steroid dienone is 4. The molecule has 2 heterocycles. The van der Waals surface area contributed by atoms with E-state index in [1.807, 2.05) is 24.4 Å². The molecule has 2 N–H and O–H groups in total. The number of carbonyl (C=O) groups is 2. The molecule has 2 aliphatic carbocycles. The van der Waals surface area contributed by atoms with Gasteiger partial charge in [0.05, 0.1) is 0 Å². The summed E-state index contributed by atoms with van der Waals surface area (Å²) in [5.41, 5.74) is 5.84. The maximum absolute atomic E-state index is 12.8. The lowest BCUT2D eigenvalue weighted by Gasteiger charge is -2.37. The SMILES string of the molecule is O=C1CCCC2=C1C(c1c[nH]c3ccccc13)C1=C(CCCC1=O)N2. The van der Waals surface area contributed by atoms with Crippen LogP contribution in [0.5, 0.6) is 0 Å². The Morgan fingerprint density at radius 2 is 1.48 bits per heavy atom. The molecule has 1 aliphatic heterocycles. The van der Waals surface area contributed by atoms with Gasteiger partial charge in [0.25, 0.3) is 0 Å². The number of nitrogens with one attached hydrogen (secondary N) is 2. The van der Waals surface area contributed by atoms with Gasteiger partial charge in [0.15, 0.2) is 11.6 Å². The summed E-state index contributed by atoms with van der Waals surface area (Å²) in [5, 5.41) is 4.57. The third-order valence-corrected chi connectivity index (χ3v) is 5.72. The van der Waals surface area contributed by atoms with Crippen molar-refractivity contribution in [2.45, 2.75) is 44.4 Å². The number of ketones is 2. The molecule has 1 aromatic heterocycles. The zero-order valence-electron chi connectivity index (χ0n) is 14.0. The van der Waals surface area contributed by atoms with Crippen LogP contribution in [-0.4, -0.2) is 16.6 Å². The van der Waals surface area contributed by atoms with E-state index in [4.69, 9.17) is 0 Å². The van der Waals surface area contributed by atoms with Crippen LogP contribution < -0.4 is 5.32 Å². The van der Waals surface area contributed by atoms with E-state index in [1.54, 1.807) is 0 Å². The van der Waals surface area contributed by atoms with E-state index in [0.29, 0.717) is 12.8 Å². The molecule has 3 aliphatic rings. The molecule has 0 spiro atoms. The fourth-order valence-electron chi connectivity index (χ4n) is 4.63. The number of rotatable bonds is 1. The average Bonchev–Trinajstić information content (AvgIpc) is 3.04. The number of Topliss-reactive ketones (excluding diaryl/α,β-unsaturated/α-hetero) is 2. The van der Waals surface area contributed by atoms with Crippen molar-refractivity contribution in [2.24, 2.45) is 0 Å². The predicted octanol–water partition coefficient (Wildman–Crippen LogP) is 3.87. The van der Waals surface area contributed by atoms with Crippen molar-refractivity contribution >= 4 is 22.5 Å². The lowest BCUT2D eigenvalue weighted by molar-refractivity contribution is -0.116. The highest BCUT2D eigenvalue weighted by Crippen LogP contribution is 2.46. The monoisotopic (exact) mass is 332 g/mol. The Hall–Kier alpha value is -2.62. The highest BCUT2D eigenvalue weighted by molar-refractivity contribution is 6.07. The van der Waals surface area contributed by atoms with Crippen LogP contribution in [0.2, 0.25) is 0 Å². The molecule has 2 aromatic rings. The van der Waals surface area contributed by atoms with Gasteiger partial charge in [0, 0.05) is 58.4 Å². The molecule has 4 heteroatoms. The molecule has 25 heavy (non-hydrogen) atoms. The maximum Gasteiger partial charge on any atom is 0.161 e. The van der Waals surface area contributed by atoms with Crippen molar-refractivity contribution in [3.63, 3.8) is 0 Å². The average molecular weight is 332 g/mol. The summed E-state index contributed by atoms with van der Waals surface area (Å²) >= 11 is 0. The fraction of sp³-hybridized carbons (Fsp3) is 0.333. The molecule has 0 saturated carbocycles. The number of benzene rings is 1. The number of dihydropyridines is 1. The number of aromatic nitrogens is 1.